The highest BCUT2D eigenvalue weighted by Crippen LogP contribution is 2.37. The predicted molar refractivity (Wildman–Crippen MR) is 121 cm³/mol. The molecule has 0 amide bonds. The third-order valence-electron chi connectivity index (χ3n) is 6.75. The normalized spacial score (nSPS) is 20.7. The summed E-state index contributed by atoms with van der Waals surface area (Å²) in [7, 11) is 3.60. The lowest BCUT2D eigenvalue weighted by molar-refractivity contribution is 0.235. The Bertz CT molecular complexity index is 1320. The van der Waals surface area contributed by atoms with Gasteiger partial charge in [0.1, 0.15) is 17.1 Å². The Hall–Kier alpha value is -3.26. The number of nitrogens with zero attached hydrogens (tertiary/aromatic N) is 6. The lowest BCUT2D eigenvalue weighted by Gasteiger charge is -2.39. The number of aromatic nitrogens is 5. The molecule has 2 aliphatic heterocycles. The summed E-state index contributed by atoms with van der Waals surface area (Å²) in [5.74, 6) is 2.39. The first kappa shape index (κ1) is 18.5. The van der Waals surface area contributed by atoms with Crippen LogP contribution in [0.15, 0.2) is 30.6 Å². The molecular weight excluding hydrogens is 390 g/mol. The SMILES string of the molecule is COc1c(-c2ncc3nc(N4CCC5(CCN5)C4)ccc3n2)cc2cn(C)nc2c1C. The minimum Gasteiger partial charge on any atom is -0.496 e. The second-order valence-corrected chi connectivity index (χ2v) is 8.72. The second-order valence-electron chi connectivity index (χ2n) is 8.72. The predicted octanol–water partition coefficient (Wildman–Crippen LogP) is 2.84. The Morgan fingerprint density at radius 2 is 2.03 bits per heavy atom. The molecule has 1 unspecified atom stereocenters. The van der Waals surface area contributed by atoms with Crippen molar-refractivity contribution in [2.45, 2.75) is 25.3 Å². The summed E-state index contributed by atoms with van der Waals surface area (Å²) >= 11 is 0. The maximum atomic E-state index is 5.72. The zero-order valence-corrected chi connectivity index (χ0v) is 18.0. The van der Waals surface area contributed by atoms with Gasteiger partial charge in [0.15, 0.2) is 5.82 Å². The van der Waals surface area contributed by atoms with Crippen molar-refractivity contribution in [3.63, 3.8) is 0 Å². The molecule has 158 valence electrons. The molecule has 1 spiro atoms. The number of anilines is 1. The van der Waals surface area contributed by atoms with Gasteiger partial charge in [-0.2, -0.15) is 5.10 Å². The summed E-state index contributed by atoms with van der Waals surface area (Å²) in [6.07, 6.45) is 6.25. The molecule has 4 aromatic rings. The number of hydrogen-bond acceptors (Lipinski definition) is 7. The first-order valence-corrected chi connectivity index (χ1v) is 10.7. The number of aryl methyl sites for hydroxylation is 2. The lowest BCUT2D eigenvalue weighted by atomic mass is 9.87. The minimum absolute atomic E-state index is 0.302. The fourth-order valence-corrected chi connectivity index (χ4v) is 4.98. The van der Waals surface area contributed by atoms with Crippen LogP contribution in [0.4, 0.5) is 5.82 Å². The van der Waals surface area contributed by atoms with E-state index in [0.29, 0.717) is 11.4 Å². The van der Waals surface area contributed by atoms with Crippen molar-refractivity contribution in [2.75, 3.05) is 31.6 Å². The van der Waals surface area contributed by atoms with Crippen LogP contribution >= 0.6 is 0 Å². The molecule has 0 radical (unpaired) electrons. The van der Waals surface area contributed by atoms with E-state index in [2.05, 4.69) is 26.4 Å². The van der Waals surface area contributed by atoms with Gasteiger partial charge in [-0.3, -0.25) is 4.68 Å². The summed E-state index contributed by atoms with van der Waals surface area (Å²) in [4.78, 5) is 16.7. The molecule has 8 heteroatoms. The summed E-state index contributed by atoms with van der Waals surface area (Å²) in [5, 5.41) is 9.19. The van der Waals surface area contributed by atoms with Crippen molar-refractivity contribution in [1.82, 2.24) is 30.0 Å². The Balaban J connectivity index is 1.39. The lowest BCUT2D eigenvalue weighted by Crippen LogP contribution is -2.58. The highest BCUT2D eigenvalue weighted by Gasteiger charge is 2.42. The van der Waals surface area contributed by atoms with Crippen molar-refractivity contribution < 1.29 is 4.74 Å². The van der Waals surface area contributed by atoms with E-state index in [1.165, 1.54) is 12.8 Å². The highest BCUT2D eigenvalue weighted by atomic mass is 16.5. The van der Waals surface area contributed by atoms with E-state index in [1.54, 1.807) is 7.11 Å². The summed E-state index contributed by atoms with van der Waals surface area (Å²) in [5.41, 5.74) is 4.72. The molecule has 3 aromatic heterocycles. The van der Waals surface area contributed by atoms with E-state index < -0.39 is 0 Å². The first-order chi connectivity index (χ1) is 15.0. The van der Waals surface area contributed by atoms with E-state index in [-0.39, 0.29) is 0 Å². The molecule has 2 saturated heterocycles. The standard InChI is InChI=1S/C23H25N7O/c1-14-20-15(12-29(2)28-20)10-16(21(14)31-3)22-24-11-18-17(27-22)4-5-19(26-18)30-9-7-23(13-30)6-8-25-23/h4-5,10-12,25H,6-9,13H2,1-3H3. The van der Waals surface area contributed by atoms with Gasteiger partial charge in [0.2, 0.25) is 0 Å². The van der Waals surface area contributed by atoms with E-state index in [1.807, 2.05) is 43.2 Å². The monoisotopic (exact) mass is 415 g/mol. The average molecular weight is 416 g/mol. The molecule has 2 aliphatic rings. The molecule has 31 heavy (non-hydrogen) atoms. The number of ether oxygens (including phenoxy) is 1. The molecule has 6 rings (SSSR count). The molecule has 1 aromatic carbocycles. The van der Waals surface area contributed by atoms with Crippen LogP contribution in [0.1, 0.15) is 18.4 Å². The maximum Gasteiger partial charge on any atom is 0.163 e. The van der Waals surface area contributed by atoms with Crippen molar-refractivity contribution in [3.05, 3.63) is 36.2 Å². The second kappa shape index (κ2) is 6.62. The van der Waals surface area contributed by atoms with Gasteiger partial charge in [0.05, 0.1) is 29.9 Å². The molecule has 2 fully saturated rings. The fourth-order valence-electron chi connectivity index (χ4n) is 4.98. The number of benzene rings is 1. The van der Waals surface area contributed by atoms with Crippen molar-refractivity contribution in [2.24, 2.45) is 7.05 Å². The van der Waals surface area contributed by atoms with E-state index in [9.17, 15) is 0 Å². The largest absolute Gasteiger partial charge is 0.496 e. The molecule has 5 heterocycles. The van der Waals surface area contributed by atoms with Gasteiger partial charge in [-0.25, -0.2) is 15.0 Å². The van der Waals surface area contributed by atoms with E-state index in [0.717, 1.165) is 64.3 Å². The van der Waals surface area contributed by atoms with E-state index in [4.69, 9.17) is 14.7 Å². The summed E-state index contributed by atoms with van der Waals surface area (Å²) in [6, 6.07) is 6.17. The van der Waals surface area contributed by atoms with Crippen molar-refractivity contribution >= 4 is 27.8 Å². The van der Waals surface area contributed by atoms with Gasteiger partial charge >= 0.3 is 0 Å². The zero-order valence-electron chi connectivity index (χ0n) is 18.0. The molecular formula is C23H25N7O. The summed E-state index contributed by atoms with van der Waals surface area (Å²) < 4.78 is 7.54. The molecule has 0 bridgehead atoms. The van der Waals surface area contributed by atoms with Gasteiger partial charge in [-0.05, 0) is 44.5 Å². The zero-order chi connectivity index (χ0) is 21.2. The maximum absolute atomic E-state index is 5.72. The van der Waals surface area contributed by atoms with Crippen LogP contribution in [0.25, 0.3) is 33.3 Å². The van der Waals surface area contributed by atoms with Gasteiger partial charge in [0, 0.05) is 42.8 Å². The Morgan fingerprint density at radius 1 is 1.16 bits per heavy atom. The van der Waals surface area contributed by atoms with Crippen LogP contribution in [0, 0.1) is 6.92 Å². The molecule has 1 N–H and O–H groups in total. The minimum atomic E-state index is 0.302. The van der Waals surface area contributed by atoms with Crippen LogP contribution < -0.4 is 15.0 Å². The third-order valence-corrected chi connectivity index (χ3v) is 6.75. The number of methoxy groups -OCH3 is 1. The first-order valence-electron chi connectivity index (χ1n) is 10.7. The van der Waals surface area contributed by atoms with Crippen LogP contribution in [0.5, 0.6) is 5.75 Å². The van der Waals surface area contributed by atoms with Crippen LogP contribution in [0.3, 0.4) is 0 Å². The Morgan fingerprint density at radius 3 is 2.77 bits per heavy atom. The number of hydrogen-bond donors (Lipinski definition) is 1. The van der Waals surface area contributed by atoms with Gasteiger partial charge in [-0.1, -0.05) is 0 Å². The van der Waals surface area contributed by atoms with E-state index >= 15 is 0 Å². The number of rotatable bonds is 3. The number of nitrogens with one attached hydrogen (secondary N) is 1. The van der Waals surface area contributed by atoms with Gasteiger partial charge in [0.25, 0.3) is 0 Å². The Labute approximate surface area is 180 Å². The van der Waals surface area contributed by atoms with Crippen LogP contribution in [0.2, 0.25) is 0 Å². The molecule has 8 nitrogen and oxygen atoms in total. The number of fused-ring (bicyclic) bond motifs is 2. The quantitative estimate of drug-likeness (QED) is 0.551. The van der Waals surface area contributed by atoms with Crippen LogP contribution in [-0.4, -0.2) is 57.0 Å². The van der Waals surface area contributed by atoms with Gasteiger partial charge < -0.3 is 15.0 Å². The van der Waals surface area contributed by atoms with Crippen LogP contribution in [-0.2, 0) is 7.05 Å². The molecule has 0 saturated carbocycles. The van der Waals surface area contributed by atoms with Crippen molar-refractivity contribution in [3.8, 4) is 17.1 Å². The fraction of sp³-hybridized carbons (Fsp3) is 0.391. The summed E-state index contributed by atoms with van der Waals surface area (Å²) in [6.45, 7) is 5.20. The highest BCUT2D eigenvalue weighted by molar-refractivity contribution is 5.91. The number of pyridine rings is 1. The van der Waals surface area contributed by atoms with Crippen molar-refractivity contribution in [1.29, 1.82) is 0 Å². The molecule has 1 atom stereocenters. The third kappa shape index (κ3) is 2.85. The topological polar surface area (TPSA) is 81.0 Å². The molecule has 0 aliphatic carbocycles. The Kier molecular flexibility index (Phi) is 3.95. The smallest absolute Gasteiger partial charge is 0.163 e. The average Bonchev–Trinajstić information content (AvgIpc) is 3.37. The van der Waals surface area contributed by atoms with Gasteiger partial charge in [-0.15, -0.1) is 0 Å².